The van der Waals surface area contributed by atoms with Crippen LogP contribution in [0.5, 0.6) is 0 Å². The molecule has 0 saturated heterocycles. The van der Waals surface area contributed by atoms with Crippen LogP contribution in [0.1, 0.15) is 62.3 Å². The molecule has 0 amide bonds. The lowest BCUT2D eigenvalue weighted by Gasteiger charge is -2.46. The van der Waals surface area contributed by atoms with Crippen LogP contribution in [0.3, 0.4) is 0 Å². The molecule has 4 nitrogen and oxygen atoms in total. The van der Waals surface area contributed by atoms with E-state index in [1.807, 2.05) is 6.92 Å². The summed E-state index contributed by atoms with van der Waals surface area (Å²) in [6.07, 6.45) is 4.04. The molecule has 0 spiro atoms. The summed E-state index contributed by atoms with van der Waals surface area (Å²) in [5.41, 5.74) is 0. The average molecular weight is 459 g/mol. The zero-order valence-electron chi connectivity index (χ0n) is 21.8. The van der Waals surface area contributed by atoms with Gasteiger partial charge in [0.1, 0.15) is 6.10 Å². The van der Waals surface area contributed by atoms with Gasteiger partial charge < -0.3 is 18.7 Å². The third-order valence-electron chi connectivity index (χ3n) is 7.65. The predicted octanol–water partition coefficient (Wildman–Crippen LogP) is 6.07. The molecule has 30 heavy (non-hydrogen) atoms. The zero-order chi connectivity index (χ0) is 23.9. The number of aliphatic hydroxyl groups is 1. The molecule has 0 saturated carbocycles. The summed E-state index contributed by atoms with van der Waals surface area (Å²) >= 11 is 0. The van der Waals surface area contributed by atoms with E-state index in [2.05, 4.69) is 74.4 Å². The first-order valence-corrected chi connectivity index (χ1v) is 17.1. The molecular weight excluding hydrogens is 408 g/mol. The Balaban J connectivity index is 5.95. The Labute approximate surface area is 189 Å². The van der Waals surface area contributed by atoms with Crippen molar-refractivity contribution in [2.24, 2.45) is 11.8 Å². The summed E-state index contributed by atoms with van der Waals surface area (Å²) in [5.74, 6) is 2.52. The number of hydrogen-bond acceptors (Lipinski definition) is 4. The quantitative estimate of drug-likeness (QED) is 0.269. The van der Waals surface area contributed by atoms with E-state index in [1.165, 1.54) is 0 Å². The Morgan fingerprint density at radius 3 is 1.73 bits per heavy atom. The Kier molecular flexibility index (Phi) is 12.1. The molecule has 0 aromatic rings. The third-order valence-corrected chi connectivity index (χ3v) is 16.9. The maximum Gasteiger partial charge on any atom is 0.192 e. The van der Waals surface area contributed by atoms with E-state index >= 15 is 0 Å². The van der Waals surface area contributed by atoms with Crippen molar-refractivity contribution in [3.8, 4) is 12.3 Å². The van der Waals surface area contributed by atoms with Crippen molar-refractivity contribution in [3.63, 3.8) is 0 Å². The van der Waals surface area contributed by atoms with Crippen LogP contribution in [0, 0.1) is 24.2 Å². The average Bonchev–Trinajstić information content (AvgIpc) is 2.69. The van der Waals surface area contributed by atoms with Gasteiger partial charge in [0.15, 0.2) is 16.6 Å². The van der Waals surface area contributed by atoms with Crippen molar-refractivity contribution in [2.45, 2.75) is 123 Å². The predicted molar refractivity (Wildman–Crippen MR) is 134 cm³/mol. The lowest BCUT2D eigenvalue weighted by Crippen LogP contribution is -2.53. The van der Waals surface area contributed by atoms with Crippen molar-refractivity contribution in [1.82, 2.24) is 0 Å². The van der Waals surface area contributed by atoms with Crippen LogP contribution in [-0.2, 0) is 13.6 Å². The topological polar surface area (TPSA) is 47.9 Å². The van der Waals surface area contributed by atoms with E-state index in [0.29, 0.717) is 0 Å². The molecule has 0 heterocycles. The Morgan fingerprint density at radius 2 is 1.40 bits per heavy atom. The molecule has 0 rings (SSSR count). The van der Waals surface area contributed by atoms with Crippen LogP contribution < -0.4 is 0 Å². The summed E-state index contributed by atoms with van der Waals surface area (Å²) in [7, 11) is -2.27. The molecule has 0 fully saturated rings. The van der Waals surface area contributed by atoms with Crippen molar-refractivity contribution < 1.29 is 18.7 Å². The largest absolute Gasteiger partial charge is 0.414 e. The van der Waals surface area contributed by atoms with Crippen LogP contribution in [0.4, 0.5) is 0 Å². The highest BCUT2D eigenvalue weighted by Crippen LogP contribution is 2.40. The number of rotatable bonds is 13. The van der Waals surface area contributed by atoms with Crippen LogP contribution >= 0.6 is 0 Å². The molecule has 0 aliphatic carbocycles. The summed E-state index contributed by atoms with van der Waals surface area (Å²) in [6.45, 7) is 24.4. The van der Waals surface area contributed by atoms with Crippen LogP contribution in [-0.4, -0.2) is 53.3 Å². The van der Waals surface area contributed by atoms with Gasteiger partial charge >= 0.3 is 0 Å². The van der Waals surface area contributed by atoms with E-state index < -0.39 is 28.8 Å². The van der Waals surface area contributed by atoms with E-state index in [1.54, 1.807) is 7.11 Å². The monoisotopic (exact) mass is 458 g/mol. The number of hydrogen-bond donors (Lipinski definition) is 1. The van der Waals surface area contributed by atoms with Crippen molar-refractivity contribution >= 4 is 16.6 Å². The van der Waals surface area contributed by atoms with Gasteiger partial charge in [-0.05, 0) is 43.2 Å². The molecule has 1 N–H and O–H groups in total. The standard InChI is InChI=1S/C24H50O4Si2/c1-14-21(26-11)22(25)19(6)23(28-29(12,13)24(8,9)10)18(5)20(7)27-30(15-2,16-3)17-4/h1,18-23,25H,15-17H2,2-13H3/t18-,19-,20-,21+,22-,23+/m1/s1. The number of terminal acetylenes is 1. The highest BCUT2D eigenvalue weighted by atomic mass is 28.4. The van der Waals surface area contributed by atoms with Gasteiger partial charge in [0.25, 0.3) is 0 Å². The molecule has 0 radical (unpaired) electrons. The fourth-order valence-electron chi connectivity index (χ4n) is 3.76. The number of ether oxygens (including phenoxy) is 1. The minimum atomic E-state index is -2.07. The van der Waals surface area contributed by atoms with Crippen molar-refractivity contribution in [2.75, 3.05) is 7.11 Å². The second kappa shape index (κ2) is 12.2. The molecule has 0 aromatic carbocycles. The first-order valence-electron chi connectivity index (χ1n) is 11.7. The maximum atomic E-state index is 11.0. The van der Waals surface area contributed by atoms with Crippen LogP contribution in [0.25, 0.3) is 0 Å². The first kappa shape index (κ1) is 29.8. The summed E-state index contributed by atoms with van der Waals surface area (Å²) in [4.78, 5) is 0. The van der Waals surface area contributed by atoms with Gasteiger partial charge in [-0.1, -0.05) is 61.3 Å². The Bertz CT molecular complexity index is 526. The van der Waals surface area contributed by atoms with Crippen LogP contribution in [0.15, 0.2) is 0 Å². The lowest BCUT2D eigenvalue weighted by atomic mass is 9.85. The minimum absolute atomic E-state index is 0.0489. The number of methoxy groups -OCH3 is 1. The fraction of sp³-hybridized carbons (Fsp3) is 0.917. The summed E-state index contributed by atoms with van der Waals surface area (Å²) in [5, 5.41) is 11.1. The van der Waals surface area contributed by atoms with E-state index in [4.69, 9.17) is 20.0 Å². The smallest absolute Gasteiger partial charge is 0.192 e. The summed E-state index contributed by atoms with van der Waals surface area (Å²) in [6, 6.07) is 3.35. The van der Waals surface area contributed by atoms with Gasteiger partial charge in [0.05, 0.1) is 12.2 Å². The van der Waals surface area contributed by atoms with E-state index in [9.17, 15) is 5.11 Å². The van der Waals surface area contributed by atoms with E-state index in [-0.39, 0.29) is 29.1 Å². The normalized spacial score (nSPS) is 19.5. The van der Waals surface area contributed by atoms with Crippen molar-refractivity contribution in [3.05, 3.63) is 0 Å². The van der Waals surface area contributed by atoms with E-state index in [0.717, 1.165) is 18.1 Å². The lowest BCUT2D eigenvalue weighted by molar-refractivity contribution is -0.0675. The third kappa shape index (κ3) is 7.46. The minimum Gasteiger partial charge on any atom is -0.414 e. The number of aliphatic hydroxyl groups excluding tert-OH is 1. The van der Waals surface area contributed by atoms with Gasteiger partial charge in [-0.15, -0.1) is 6.42 Å². The molecular formula is C24H50O4Si2. The molecule has 6 atom stereocenters. The van der Waals surface area contributed by atoms with Gasteiger partial charge in [-0.2, -0.15) is 0 Å². The highest BCUT2D eigenvalue weighted by Gasteiger charge is 2.45. The van der Waals surface area contributed by atoms with Gasteiger partial charge in [-0.3, -0.25) is 0 Å². The highest BCUT2D eigenvalue weighted by molar-refractivity contribution is 6.74. The van der Waals surface area contributed by atoms with Crippen molar-refractivity contribution in [1.29, 1.82) is 0 Å². The maximum absolute atomic E-state index is 11.0. The molecule has 0 bridgehead atoms. The second-order valence-corrected chi connectivity index (χ2v) is 19.9. The molecule has 178 valence electrons. The second-order valence-electron chi connectivity index (χ2n) is 10.4. The molecule has 0 aliphatic rings. The molecule has 0 aliphatic heterocycles. The van der Waals surface area contributed by atoms with Gasteiger partial charge in [-0.25, -0.2) is 0 Å². The summed E-state index contributed by atoms with van der Waals surface area (Å²) < 4.78 is 19.1. The molecule has 6 heteroatoms. The Morgan fingerprint density at radius 1 is 0.933 bits per heavy atom. The fourth-order valence-corrected chi connectivity index (χ4v) is 8.22. The van der Waals surface area contributed by atoms with Crippen LogP contribution in [0.2, 0.25) is 36.3 Å². The van der Waals surface area contributed by atoms with Gasteiger partial charge in [0, 0.05) is 25.0 Å². The molecule has 0 aromatic heterocycles. The molecule has 0 unspecified atom stereocenters. The zero-order valence-corrected chi connectivity index (χ0v) is 23.8. The Hall–Kier alpha value is -0.166. The van der Waals surface area contributed by atoms with Gasteiger partial charge in [0.2, 0.25) is 0 Å². The first-order chi connectivity index (χ1) is 13.7. The SMILES string of the molecule is C#C[C@H](OC)[C@H](O)[C@@H](C)[C@@H](O[Si](C)(C)C(C)(C)C)[C@H](C)[C@@H](C)O[Si](CC)(CC)CC.